The first-order valence-corrected chi connectivity index (χ1v) is 6.13. The van der Waals surface area contributed by atoms with Gasteiger partial charge in [0.1, 0.15) is 0 Å². The molecule has 0 bridgehead atoms. The minimum atomic E-state index is -0.277. The zero-order valence-electron chi connectivity index (χ0n) is 9.67. The molecule has 0 aromatic heterocycles. The molecule has 0 saturated carbocycles. The molecule has 0 aromatic carbocycles. The van der Waals surface area contributed by atoms with Crippen molar-refractivity contribution >= 4 is 5.97 Å². The van der Waals surface area contributed by atoms with Crippen LogP contribution in [0.5, 0.6) is 0 Å². The van der Waals surface area contributed by atoms with Crippen LogP contribution < -0.4 is 0 Å². The monoisotopic (exact) mass is 214 g/mol. The van der Waals surface area contributed by atoms with Gasteiger partial charge in [-0.2, -0.15) is 0 Å². The Morgan fingerprint density at radius 3 is 2.67 bits per heavy atom. The summed E-state index contributed by atoms with van der Waals surface area (Å²) < 4.78 is 10.3. The van der Waals surface area contributed by atoms with E-state index in [1.165, 1.54) is 32.1 Å². The maximum atomic E-state index is 11.0. The molecular weight excluding hydrogens is 192 g/mol. The van der Waals surface area contributed by atoms with Crippen molar-refractivity contribution in [3.05, 3.63) is 0 Å². The highest BCUT2D eigenvalue weighted by Crippen LogP contribution is 2.11. The fourth-order valence-electron chi connectivity index (χ4n) is 1.74. The average Bonchev–Trinajstić information content (AvgIpc) is 2.63. The fraction of sp³-hybridized carbons (Fsp3) is 0.917. The van der Waals surface area contributed by atoms with Crippen LogP contribution >= 0.6 is 0 Å². The van der Waals surface area contributed by atoms with Gasteiger partial charge in [-0.15, -0.1) is 0 Å². The molecule has 88 valence electrons. The molecule has 0 radical (unpaired) electrons. The van der Waals surface area contributed by atoms with Gasteiger partial charge in [0.25, 0.3) is 0 Å². The topological polar surface area (TPSA) is 35.5 Å². The van der Waals surface area contributed by atoms with Gasteiger partial charge >= 0.3 is 5.97 Å². The molecule has 0 unspecified atom stereocenters. The molecule has 3 heteroatoms. The fourth-order valence-corrected chi connectivity index (χ4v) is 1.74. The summed E-state index contributed by atoms with van der Waals surface area (Å²) >= 11 is 0. The van der Waals surface area contributed by atoms with E-state index in [0.717, 1.165) is 12.8 Å². The molecule has 0 aromatic rings. The minimum Gasteiger partial charge on any atom is -0.464 e. The van der Waals surface area contributed by atoms with Gasteiger partial charge in [-0.1, -0.05) is 39.0 Å². The summed E-state index contributed by atoms with van der Waals surface area (Å²) in [5.74, 6) is -0.180. The van der Waals surface area contributed by atoms with Crippen molar-refractivity contribution < 1.29 is 14.3 Å². The van der Waals surface area contributed by atoms with Crippen LogP contribution in [0, 0.1) is 0 Å². The lowest BCUT2D eigenvalue weighted by Gasteiger charge is -2.07. The molecule has 1 rings (SSSR count). The number of unbranched alkanes of at least 4 members (excludes halogenated alkanes) is 5. The Labute approximate surface area is 92.1 Å². The second-order valence-corrected chi connectivity index (χ2v) is 4.08. The zero-order chi connectivity index (χ0) is 10.9. The maximum Gasteiger partial charge on any atom is 0.335 e. The van der Waals surface area contributed by atoms with E-state index in [1.54, 1.807) is 0 Å². The Balaban J connectivity index is 1.86. The van der Waals surface area contributed by atoms with Crippen LogP contribution in [0.2, 0.25) is 0 Å². The molecule has 0 amide bonds. The first-order valence-electron chi connectivity index (χ1n) is 6.13. The van der Waals surface area contributed by atoms with E-state index in [2.05, 4.69) is 6.92 Å². The van der Waals surface area contributed by atoms with Gasteiger partial charge in [-0.3, -0.25) is 0 Å². The van der Waals surface area contributed by atoms with Gasteiger partial charge in [0.05, 0.1) is 6.61 Å². The number of hydrogen-bond donors (Lipinski definition) is 0. The smallest absolute Gasteiger partial charge is 0.335 e. The molecule has 15 heavy (non-hydrogen) atoms. The normalized spacial score (nSPS) is 20.6. The first kappa shape index (κ1) is 12.5. The van der Waals surface area contributed by atoms with Crippen molar-refractivity contribution in [2.24, 2.45) is 0 Å². The van der Waals surface area contributed by atoms with E-state index in [1.807, 2.05) is 0 Å². The largest absolute Gasteiger partial charge is 0.464 e. The van der Waals surface area contributed by atoms with Gasteiger partial charge in [0, 0.05) is 13.0 Å². The van der Waals surface area contributed by atoms with Crippen LogP contribution in [0.15, 0.2) is 0 Å². The molecular formula is C12H22O3. The van der Waals surface area contributed by atoms with E-state index in [9.17, 15) is 4.79 Å². The standard InChI is InChI=1S/C12H22O3/c1-2-3-4-5-6-7-9-14-11-8-10-15-12(11)13/h11H,2-10H2,1H3/t11-/m1/s1. The average molecular weight is 214 g/mol. The number of carbonyl (C=O) groups is 1. The van der Waals surface area contributed by atoms with Crippen LogP contribution in [-0.2, 0) is 14.3 Å². The van der Waals surface area contributed by atoms with Gasteiger partial charge in [0.2, 0.25) is 0 Å². The van der Waals surface area contributed by atoms with E-state index >= 15 is 0 Å². The van der Waals surface area contributed by atoms with Gasteiger partial charge in [-0.25, -0.2) is 4.79 Å². The molecule has 0 N–H and O–H groups in total. The zero-order valence-corrected chi connectivity index (χ0v) is 9.67. The van der Waals surface area contributed by atoms with Crippen LogP contribution in [0.1, 0.15) is 51.9 Å². The summed E-state index contributed by atoms with van der Waals surface area (Å²) in [6.45, 7) is 3.45. The van der Waals surface area contributed by atoms with Crippen molar-refractivity contribution in [1.29, 1.82) is 0 Å². The van der Waals surface area contributed by atoms with E-state index in [0.29, 0.717) is 13.2 Å². The Kier molecular flexibility index (Phi) is 6.41. The number of rotatable bonds is 8. The highest BCUT2D eigenvalue weighted by atomic mass is 16.6. The first-order chi connectivity index (χ1) is 7.34. The van der Waals surface area contributed by atoms with Crippen molar-refractivity contribution in [2.75, 3.05) is 13.2 Å². The van der Waals surface area contributed by atoms with Gasteiger partial charge < -0.3 is 9.47 Å². The van der Waals surface area contributed by atoms with Crippen LogP contribution in [0.25, 0.3) is 0 Å². The molecule has 1 aliphatic rings. The molecule has 1 heterocycles. The Morgan fingerprint density at radius 1 is 1.27 bits per heavy atom. The highest BCUT2D eigenvalue weighted by Gasteiger charge is 2.26. The summed E-state index contributed by atoms with van der Waals surface area (Å²) in [7, 11) is 0. The number of carbonyl (C=O) groups excluding carboxylic acids is 1. The molecule has 0 aliphatic carbocycles. The molecule has 1 saturated heterocycles. The van der Waals surface area contributed by atoms with Crippen molar-refractivity contribution in [2.45, 2.75) is 58.0 Å². The quantitative estimate of drug-likeness (QED) is 0.460. The predicted octanol–water partition coefficient (Wildman–Crippen LogP) is 2.68. The third kappa shape index (κ3) is 5.17. The van der Waals surface area contributed by atoms with Gasteiger partial charge in [0.15, 0.2) is 6.10 Å². The number of hydrogen-bond acceptors (Lipinski definition) is 3. The number of cyclic esters (lactones) is 1. The minimum absolute atomic E-state index is 0.180. The lowest BCUT2D eigenvalue weighted by atomic mass is 10.1. The van der Waals surface area contributed by atoms with Crippen molar-refractivity contribution in [3.8, 4) is 0 Å². The Bertz CT molecular complexity index is 180. The Hall–Kier alpha value is -0.570. The van der Waals surface area contributed by atoms with Crippen LogP contribution in [0.4, 0.5) is 0 Å². The Morgan fingerprint density at radius 2 is 2.00 bits per heavy atom. The summed E-state index contributed by atoms with van der Waals surface area (Å²) in [6.07, 6.45) is 7.94. The molecule has 1 fully saturated rings. The van der Waals surface area contributed by atoms with Gasteiger partial charge in [-0.05, 0) is 6.42 Å². The van der Waals surface area contributed by atoms with E-state index < -0.39 is 0 Å². The summed E-state index contributed by atoms with van der Waals surface area (Å²) in [5, 5.41) is 0. The highest BCUT2D eigenvalue weighted by molar-refractivity contribution is 5.76. The molecule has 1 atom stereocenters. The summed E-state index contributed by atoms with van der Waals surface area (Å²) in [6, 6.07) is 0. The second kappa shape index (κ2) is 7.69. The third-order valence-electron chi connectivity index (χ3n) is 2.70. The maximum absolute atomic E-state index is 11.0. The lowest BCUT2D eigenvalue weighted by Crippen LogP contribution is -2.18. The number of esters is 1. The van der Waals surface area contributed by atoms with E-state index in [4.69, 9.17) is 9.47 Å². The van der Waals surface area contributed by atoms with Crippen molar-refractivity contribution in [1.82, 2.24) is 0 Å². The molecule has 0 spiro atoms. The summed E-state index contributed by atoms with van der Waals surface area (Å²) in [4.78, 5) is 11.0. The second-order valence-electron chi connectivity index (χ2n) is 4.08. The molecule has 3 nitrogen and oxygen atoms in total. The third-order valence-corrected chi connectivity index (χ3v) is 2.70. The van der Waals surface area contributed by atoms with Crippen LogP contribution in [0.3, 0.4) is 0 Å². The lowest BCUT2D eigenvalue weighted by molar-refractivity contribution is -0.147. The molecule has 1 aliphatic heterocycles. The van der Waals surface area contributed by atoms with Crippen molar-refractivity contribution in [3.63, 3.8) is 0 Å². The number of ether oxygens (including phenoxy) is 2. The van der Waals surface area contributed by atoms with Crippen LogP contribution in [-0.4, -0.2) is 25.3 Å². The predicted molar refractivity (Wildman–Crippen MR) is 58.7 cm³/mol. The summed E-state index contributed by atoms with van der Waals surface area (Å²) in [5.41, 5.74) is 0. The van der Waals surface area contributed by atoms with E-state index in [-0.39, 0.29) is 12.1 Å². The SMILES string of the molecule is CCCCCCCCO[C@@H]1CCOC1=O.